The van der Waals surface area contributed by atoms with E-state index in [4.69, 9.17) is 4.74 Å². The summed E-state index contributed by atoms with van der Waals surface area (Å²) >= 11 is 3.53. The van der Waals surface area contributed by atoms with Crippen LogP contribution >= 0.6 is 15.9 Å². The van der Waals surface area contributed by atoms with Gasteiger partial charge in [-0.05, 0) is 51.0 Å². The maximum atomic E-state index is 12.3. The van der Waals surface area contributed by atoms with Crippen molar-refractivity contribution in [2.24, 2.45) is 0 Å². The monoisotopic (exact) mass is 352 g/mol. The molecule has 2 heterocycles. The van der Waals surface area contributed by atoms with Crippen LogP contribution < -0.4 is 5.32 Å². The predicted molar refractivity (Wildman–Crippen MR) is 86.7 cm³/mol. The second kappa shape index (κ2) is 5.20. The van der Waals surface area contributed by atoms with Crippen LogP contribution in [-0.4, -0.2) is 35.7 Å². The molecule has 1 fully saturated rings. The molecule has 2 aliphatic heterocycles. The minimum Gasteiger partial charge on any atom is -0.444 e. The zero-order chi connectivity index (χ0) is 15.2. The fourth-order valence-corrected chi connectivity index (χ4v) is 3.48. The maximum Gasteiger partial charge on any atom is 0.410 e. The Hall–Kier alpha value is -1.23. The van der Waals surface area contributed by atoms with Gasteiger partial charge in [0, 0.05) is 35.2 Å². The van der Waals surface area contributed by atoms with Crippen LogP contribution in [0.4, 0.5) is 10.5 Å². The predicted octanol–water partition coefficient (Wildman–Crippen LogP) is 3.97. The zero-order valence-electron chi connectivity index (χ0n) is 12.6. The summed E-state index contributed by atoms with van der Waals surface area (Å²) in [6.07, 6.45) is 0.750. The van der Waals surface area contributed by atoms with Crippen LogP contribution in [0.1, 0.15) is 38.7 Å². The number of carbonyl (C=O) groups excluding carboxylic acids is 1. The second-order valence-electron chi connectivity index (χ2n) is 6.80. The molecule has 21 heavy (non-hydrogen) atoms. The second-order valence-corrected chi connectivity index (χ2v) is 7.72. The number of carbonyl (C=O) groups is 1. The van der Waals surface area contributed by atoms with Crippen molar-refractivity contribution in [2.75, 3.05) is 18.4 Å². The first-order valence-electron chi connectivity index (χ1n) is 7.37. The van der Waals surface area contributed by atoms with Crippen LogP contribution in [0.3, 0.4) is 0 Å². The van der Waals surface area contributed by atoms with E-state index >= 15 is 0 Å². The number of anilines is 1. The number of ether oxygens (including phenoxy) is 1. The van der Waals surface area contributed by atoms with Crippen molar-refractivity contribution in [1.29, 1.82) is 0 Å². The molecule has 0 saturated carbocycles. The minimum atomic E-state index is -0.442. The Morgan fingerprint density at radius 3 is 2.90 bits per heavy atom. The summed E-state index contributed by atoms with van der Waals surface area (Å²) in [5.74, 6) is 0.346. The number of hydrogen-bond acceptors (Lipinski definition) is 3. The first-order valence-corrected chi connectivity index (χ1v) is 8.17. The number of nitrogens with one attached hydrogen (secondary N) is 1. The van der Waals surface area contributed by atoms with Gasteiger partial charge >= 0.3 is 6.09 Å². The van der Waals surface area contributed by atoms with Gasteiger partial charge in [0.15, 0.2) is 0 Å². The first kappa shape index (κ1) is 14.7. The number of piperidine rings is 1. The van der Waals surface area contributed by atoms with E-state index in [1.807, 2.05) is 25.7 Å². The molecule has 4 nitrogen and oxygen atoms in total. The SMILES string of the molecule is CC(C)(C)OC(=O)N1CC[C@H]2Nc3ccc(Br)cc3[C@H]2C1. The molecule has 1 amide bonds. The lowest BCUT2D eigenvalue weighted by molar-refractivity contribution is 0.0195. The molecule has 1 aromatic rings. The highest BCUT2D eigenvalue weighted by Gasteiger charge is 2.39. The number of hydrogen-bond donors (Lipinski definition) is 1. The average Bonchev–Trinajstić information content (AvgIpc) is 2.74. The molecule has 0 aromatic heterocycles. The van der Waals surface area contributed by atoms with Crippen molar-refractivity contribution < 1.29 is 9.53 Å². The summed E-state index contributed by atoms with van der Waals surface area (Å²) in [7, 11) is 0. The van der Waals surface area contributed by atoms with E-state index in [-0.39, 0.29) is 6.09 Å². The van der Waals surface area contributed by atoms with E-state index < -0.39 is 5.60 Å². The molecule has 0 spiro atoms. The Labute approximate surface area is 134 Å². The van der Waals surface area contributed by atoms with Gasteiger partial charge in [-0.1, -0.05) is 15.9 Å². The fraction of sp³-hybridized carbons (Fsp3) is 0.562. The summed E-state index contributed by atoms with van der Waals surface area (Å²) in [6.45, 7) is 7.18. The van der Waals surface area contributed by atoms with Crippen LogP contribution in [0.2, 0.25) is 0 Å². The lowest BCUT2D eigenvalue weighted by Gasteiger charge is -2.36. The lowest BCUT2D eigenvalue weighted by Crippen LogP contribution is -2.46. The first-order chi connectivity index (χ1) is 9.83. The van der Waals surface area contributed by atoms with Crippen LogP contribution in [0.5, 0.6) is 0 Å². The van der Waals surface area contributed by atoms with Gasteiger partial charge in [-0.3, -0.25) is 0 Å². The van der Waals surface area contributed by atoms with Crippen molar-refractivity contribution in [1.82, 2.24) is 4.90 Å². The molecular weight excluding hydrogens is 332 g/mol. The third-order valence-electron chi connectivity index (χ3n) is 4.02. The van der Waals surface area contributed by atoms with Crippen LogP contribution in [0.25, 0.3) is 0 Å². The molecule has 0 radical (unpaired) electrons. The highest BCUT2D eigenvalue weighted by molar-refractivity contribution is 9.10. The van der Waals surface area contributed by atoms with E-state index in [1.54, 1.807) is 0 Å². The highest BCUT2D eigenvalue weighted by atomic mass is 79.9. The van der Waals surface area contributed by atoms with Crippen molar-refractivity contribution in [3.05, 3.63) is 28.2 Å². The molecule has 3 rings (SSSR count). The van der Waals surface area contributed by atoms with Gasteiger partial charge in [-0.25, -0.2) is 4.79 Å². The van der Waals surface area contributed by atoms with Crippen molar-refractivity contribution in [2.45, 2.75) is 44.8 Å². The summed E-state index contributed by atoms with van der Waals surface area (Å²) in [4.78, 5) is 14.1. The standard InChI is InChI=1S/C16H21BrN2O2/c1-16(2,3)21-15(20)19-7-6-14-12(9-19)11-8-10(17)4-5-13(11)18-14/h4-5,8,12,14,18H,6-7,9H2,1-3H3/t12-,14-/m1/s1. The molecule has 0 aliphatic carbocycles. The molecule has 1 N–H and O–H groups in total. The van der Waals surface area contributed by atoms with Crippen LogP contribution in [-0.2, 0) is 4.74 Å². The summed E-state index contributed by atoms with van der Waals surface area (Å²) < 4.78 is 6.58. The van der Waals surface area contributed by atoms with Gasteiger partial charge in [-0.15, -0.1) is 0 Å². The molecule has 2 atom stereocenters. The number of nitrogens with zero attached hydrogens (tertiary/aromatic N) is 1. The quantitative estimate of drug-likeness (QED) is 0.767. The lowest BCUT2D eigenvalue weighted by atomic mass is 9.89. The molecule has 2 aliphatic rings. The molecule has 5 heteroatoms. The number of benzene rings is 1. The largest absolute Gasteiger partial charge is 0.444 e. The van der Waals surface area contributed by atoms with Crippen LogP contribution in [0, 0.1) is 0 Å². The van der Waals surface area contributed by atoms with Crippen molar-refractivity contribution in [3.63, 3.8) is 0 Å². The highest BCUT2D eigenvalue weighted by Crippen LogP contribution is 2.41. The van der Waals surface area contributed by atoms with Gasteiger partial charge in [0.25, 0.3) is 0 Å². The number of likely N-dealkylation sites (tertiary alicyclic amines) is 1. The number of halogens is 1. The van der Waals surface area contributed by atoms with E-state index in [9.17, 15) is 4.79 Å². The van der Waals surface area contributed by atoms with Gasteiger partial charge in [0.05, 0.1) is 0 Å². The number of fused-ring (bicyclic) bond motifs is 3. The van der Waals surface area contributed by atoms with Gasteiger partial charge in [0.1, 0.15) is 5.60 Å². The summed E-state index contributed by atoms with van der Waals surface area (Å²) in [5.41, 5.74) is 2.05. The van der Waals surface area contributed by atoms with E-state index in [2.05, 4.69) is 39.4 Å². The third-order valence-corrected chi connectivity index (χ3v) is 4.51. The third kappa shape index (κ3) is 3.03. The smallest absolute Gasteiger partial charge is 0.410 e. The number of amides is 1. The Morgan fingerprint density at radius 1 is 1.43 bits per heavy atom. The average molecular weight is 353 g/mol. The van der Waals surface area contributed by atoms with E-state index in [0.29, 0.717) is 12.0 Å². The molecular formula is C16H21BrN2O2. The van der Waals surface area contributed by atoms with Crippen LogP contribution in [0.15, 0.2) is 22.7 Å². The summed E-state index contributed by atoms with van der Waals surface area (Å²) in [5, 5.41) is 3.57. The minimum absolute atomic E-state index is 0.204. The fourth-order valence-electron chi connectivity index (χ4n) is 3.10. The molecule has 114 valence electrons. The molecule has 1 saturated heterocycles. The topological polar surface area (TPSA) is 41.6 Å². The van der Waals surface area contributed by atoms with Gasteiger partial charge < -0.3 is 15.0 Å². The summed E-state index contributed by atoms with van der Waals surface area (Å²) in [6, 6.07) is 6.74. The Bertz CT molecular complexity index is 568. The Morgan fingerprint density at radius 2 is 2.19 bits per heavy atom. The zero-order valence-corrected chi connectivity index (χ0v) is 14.2. The van der Waals surface area contributed by atoms with Crippen molar-refractivity contribution in [3.8, 4) is 0 Å². The van der Waals surface area contributed by atoms with Crippen molar-refractivity contribution >= 4 is 27.7 Å². The molecule has 0 bridgehead atoms. The maximum absolute atomic E-state index is 12.3. The Balaban J connectivity index is 1.76. The van der Waals surface area contributed by atoms with E-state index in [1.165, 1.54) is 11.3 Å². The molecule has 0 unspecified atom stereocenters. The Kier molecular flexibility index (Phi) is 3.64. The number of rotatable bonds is 0. The van der Waals surface area contributed by atoms with E-state index in [0.717, 1.165) is 24.0 Å². The van der Waals surface area contributed by atoms with Gasteiger partial charge in [0.2, 0.25) is 0 Å². The normalized spacial score (nSPS) is 24.1. The van der Waals surface area contributed by atoms with Gasteiger partial charge in [-0.2, -0.15) is 0 Å². The molecule has 1 aromatic carbocycles.